The molecule has 0 amide bonds. The van der Waals surface area contributed by atoms with Crippen LogP contribution >= 0.6 is 0 Å². The quantitative estimate of drug-likeness (QED) is 0.706. The lowest BCUT2D eigenvalue weighted by Crippen LogP contribution is -2.46. The molecule has 0 fully saturated rings. The van der Waals surface area contributed by atoms with Crippen molar-refractivity contribution in [2.45, 2.75) is 58.7 Å². The van der Waals surface area contributed by atoms with Crippen LogP contribution in [0.4, 0.5) is 0 Å². The lowest BCUT2D eigenvalue weighted by Gasteiger charge is -2.29. The van der Waals surface area contributed by atoms with Crippen LogP contribution in [0.3, 0.4) is 0 Å². The first-order valence-electron chi connectivity index (χ1n) is 6.30. The van der Waals surface area contributed by atoms with Gasteiger partial charge in [0.15, 0.2) is 0 Å². The van der Waals surface area contributed by atoms with Crippen LogP contribution in [0, 0.1) is 11.3 Å². The van der Waals surface area contributed by atoms with Gasteiger partial charge in [-0.1, -0.05) is 0 Å². The molecule has 100 valence electrons. The van der Waals surface area contributed by atoms with E-state index >= 15 is 0 Å². The van der Waals surface area contributed by atoms with Crippen molar-refractivity contribution in [1.82, 2.24) is 10.2 Å². The maximum absolute atomic E-state index is 9.94. The van der Waals surface area contributed by atoms with Gasteiger partial charge in [-0.25, -0.2) is 0 Å². The van der Waals surface area contributed by atoms with E-state index in [1.807, 2.05) is 0 Å². The van der Waals surface area contributed by atoms with E-state index in [0.717, 1.165) is 6.54 Å². The number of hydrogen-bond acceptors (Lipinski definition) is 4. The molecule has 0 spiro atoms. The van der Waals surface area contributed by atoms with Crippen LogP contribution in [0.25, 0.3) is 0 Å². The average Bonchev–Trinajstić information content (AvgIpc) is 2.19. The number of hydrogen-bond donors (Lipinski definition) is 2. The zero-order chi connectivity index (χ0) is 13.5. The van der Waals surface area contributed by atoms with Gasteiger partial charge in [-0.2, -0.15) is 5.26 Å². The molecule has 17 heavy (non-hydrogen) atoms. The van der Waals surface area contributed by atoms with Crippen LogP contribution in [-0.2, 0) is 0 Å². The summed E-state index contributed by atoms with van der Waals surface area (Å²) in [5, 5.41) is 21.8. The number of nitrogens with one attached hydrogen (secondary N) is 1. The number of aliphatic hydroxyl groups is 1. The van der Waals surface area contributed by atoms with Gasteiger partial charge in [0.2, 0.25) is 0 Å². The standard InChI is InChI=1S/C13H27N3O/c1-11(2)16(8-6-7-14)10-12(17)9-15-13(3,4)5/h11-12,15,17H,6,8-10H2,1-5H3. The Labute approximate surface area is 106 Å². The largest absolute Gasteiger partial charge is 0.390 e. The van der Waals surface area contributed by atoms with Crippen LogP contribution < -0.4 is 5.32 Å². The molecule has 0 aromatic carbocycles. The van der Waals surface area contributed by atoms with Crippen LogP contribution in [0.2, 0.25) is 0 Å². The molecule has 0 aliphatic heterocycles. The van der Waals surface area contributed by atoms with Crippen molar-refractivity contribution in [3.8, 4) is 6.07 Å². The number of aliphatic hydroxyl groups excluding tert-OH is 1. The van der Waals surface area contributed by atoms with Crippen molar-refractivity contribution < 1.29 is 5.11 Å². The van der Waals surface area contributed by atoms with Crippen LogP contribution in [0.1, 0.15) is 41.0 Å². The first-order chi connectivity index (χ1) is 7.76. The highest BCUT2D eigenvalue weighted by Gasteiger charge is 2.16. The van der Waals surface area contributed by atoms with Gasteiger partial charge in [0.25, 0.3) is 0 Å². The Balaban J connectivity index is 4.04. The molecule has 0 heterocycles. The van der Waals surface area contributed by atoms with E-state index in [-0.39, 0.29) is 5.54 Å². The molecule has 0 rings (SSSR count). The van der Waals surface area contributed by atoms with Crippen molar-refractivity contribution in [2.24, 2.45) is 0 Å². The number of rotatable bonds is 7. The third-order valence-corrected chi connectivity index (χ3v) is 2.55. The van der Waals surface area contributed by atoms with Gasteiger partial charge in [0, 0.05) is 37.6 Å². The van der Waals surface area contributed by atoms with E-state index in [0.29, 0.717) is 25.6 Å². The second-order valence-electron chi connectivity index (χ2n) is 5.78. The van der Waals surface area contributed by atoms with Crippen LogP contribution in [-0.4, -0.2) is 47.3 Å². The van der Waals surface area contributed by atoms with Gasteiger partial charge >= 0.3 is 0 Å². The van der Waals surface area contributed by atoms with Gasteiger partial charge in [0.1, 0.15) is 0 Å². The molecule has 0 radical (unpaired) electrons. The van der Waals surface area contributed by atoms with Crippen molar-refractivity contribution in [2.75, 3.05) is 19.6 Å². The first kappa shape index (κ1) is 16.4. The van der Waals surface area contributed by atoms with E-state index in [9.17, 15) is 5.11 Å². The maximum atomic E-state index is 9.94. The Morgan fingerprint density at radius 2 is 1.94 bits per heavy atom. The summed E-state index contributed by atoms with van der Waals surface area (Å²) in [6.07, 6.45) is 0.118. The SMILES string of the molecule is CC(C)N(CCC#N)CC(O)CNC(C)(C)C. The fraction of sp³-hybridized carbons (Fsp3) is 0.923. The predicted octanol–water partition coefficient (Wildman–Crippen LogP) is 1.36. The minimum atomic E-state index is -0.393. The smallest absolute Gasteiger partial charge is 0.0791 e. The van der Waals surface area contributed by atoms with E-state index in [2.05, 4.69) is 50.9 Å². The molecule has 4 heteroatoms. The third-order valence-electron chi connectivity index (χ3n) is 2.55. The summed E-state index contributed by atoms with van der Waals surface area (Å²) >= 11 is 0. The lowest BCUT2D eigenvalue weighted by molar-refractivity contribution is 0.0909. The highest BCUT2D eigenvalue weighted by molar-refractivity contribution is 4.78. The Hall–Kier alpha value is -0.630. The molecule has 0 saturated carbocycles. The fourth-order valence-electron chi connectivity index (χ4n) is 1.51. The Morgan fingerprint density at radius 1 is 1.35 bits per heavy atom. The summed E-state index contributed by atoms with van der Waals surface area (Å²) in [6.45, 7) is 12.3. The topological polar surface area (TPSA) is 59.3 Å². The predicted molar refractivity (Wildman–Crippen MR) is 70.7 cm³/mol. The van der Waals surface area contributed by atoms with Crippen LogP contribution in [0.5, 0.6) is 0 Å². The molecule has 0 aromatic rings. The van der Waals surface area contributed by atoms with Gasteiger partial charge in [0.05, 0.1) is 12.2 Å². The number of nitriles is 1. The normalized spacial score (nSPS) is 14.1. The molecular formula is C13H27N3O. The summed E-state index contributed by atoms with van der Waals surface area (Å²) in [7, 11) is 0. The van der Waals surface area contributed by atoms with E-state index < -0.39 is 6.10 Å². The minimum Gasteiger partial charge on any atom is -0.390 e. The van der Waals surface area contributed by atoms with Gasteiger partial charge < -0.3 is 10.4 Å². The molecule has 1 unspecified atom stereocenters. The highest BCUT2D eigenvalue weighted by atomic mass is 16.3. The summed E-state index contributed by atoms with van der Waals surface area (Å²) in [5.74, 6) is 0. The van der Waals surface area contributed by atoms with E-state index in [1.165, 1.54) is 0 Å². The number of β-amino-alcohol motifs (C(OH)–C–C–N with tert-alkyl or cyclic N) is 1. The second kappa shape index (κ2) is 7.65. The van der Waals surface area contributed by atoms with Gasteiger partial charge in [-0.3, -0.25) is 4.90 Å². The summed E-state index contributed by atoms with van der Waals surface area (Å²) in [4.78, 5) is 2.14. The molecule has 0 aliphatic rings. The van der Waals surface area contributed by atoms with Crippen molar-refractivity contribution in [3.05, 3.63) is 0 Å². The molecule has 4 nitrogen and oxygen atoms in total. The van der Waals surface area contributed by atoms with E-state index in [1.54, 1.807) is 0 Å². The molecule has 0 saturated heterocycles. The Bertz CT molecular complexity index is 240. The molecule has 0 bridgehead atoms. The van der Waals surface area contributed by atoms with Crippen LogP contribution in [0.15, 0.2) is 0 Å². The van der Waals surface area contributed by atoms with Crippen molar-refractivity contribution in [1.29, 1.82) is 5.26 Å². The zero-order valence-corrected chi connectivity index (χ0v) is 11.8. The molecule has 1 atom stereocenters. The molecule has 2 N–H and O–H groups in total. The Morgan fingerprint density at radius 3 is 2.35 bits per heavy atom. The minimum absolute atomic E-state index is 0.0241. The second-order valence-corrected chi connectivity index (χ2v) is 5.78. The average molecular weight is 241 g/mol. The first-order valence-corrected chi connectivity index (χ1v) is 6.30. The van der Waals surface area contributed by atoms with E-state index in [4.69, 9.17) is 5.26 Å². The lowest BCUT2D eigenvalue weighted by atomic mass is 10.1. The van der Waals surface area contributed by atoms with Crippen molar-refractivity contribution in [3.63, 3.8) is 0 Å². The zero-order valence-electron chi connectivity index (χ0n) is 11.8. The Kier molecular flexibility index (Phi) is 7.37. The van der Waals surface area contributed by atoms with Crippen molar-refractivity contribution >= 4 is 0 Å². The summed E-state index contributed by atoms with van der Waals surface area (Å²) in [6, 6.07) is 2.50. The summed E-state index contributed by atoms with van der Waals surface area (Å²) < 4.78 is 0. The van der Waals surface area contributed by atoms with Gasteiger partial charge in [-0.15, -0.1) is 0 Å². The molecular weight excluding hydrogens is 214 g/mol. The monoisotopic (exact) mass is 241 g/mol. The fourth-order valence-corrected chi connectivity index (χ4v) is 1.51. The molecule has 0 aliphatic carbocycles. The maximum Gasteiger partial charge on any atom is 0.0791 e. The molecule has 0 aromatic heterocycles. The number of nitrogens with zero attached hydrogens (tertiary/aromatic N) is 2. The van der Waals surface area contributed by atoms with Gasteiger partial charge in [-0.05, 0) is 34.6 Å². The summed E-state index contributed by atoms with van der Waals surface area (Å²) in [5.41, 5.74) is 0.0241. The third kappa shape index (κ3) is 9.11. The highest BCUT2D eigenvalue weighted by Crippen LogP contribution is 2.03.